The van der Waals surface area contributed by atoms with Crippen molar-refractivity contribution >= 4 is 11.4 Å². The van der Waals surface area contributed by atoms with Gasteiger partial charge >= 0.3 is 0 Å². The van der Waals surface area contributed by atoms with Gasteiger partial charge in [-0.3, -0.25) is 4.98 Å². The van der Waals surface area contributed by atoms with E-state index in [1.807, 2.05) is 12.3 Å². The molecule has 3 heteroatoms. The average molecular weight is 269 g/mol. The Kier molecular flexibility index (Phi) is 4.99. The quantitative estimate of drug-likeness (QED) is 0.863. The molecular formula is C17H23N3. The first-order valence-electron chi connectivity index (χ1n) is 7.15. The zero-order valence-corrected chi connectivity index (χ0v) is 12.6. The Hall–Kier alpha value is -2.03. The van der Waals surface area contributed by atoms with Crippen LogP contribution in [0, 0.1) is 6.92 Å². The lowest BCUT2D eigenvalue weighted by Gasteiger charge is -2.19. The Morgan fingerprint density at radius 2 is 2.05 bits per heavy atom. The first-order chi connectivity index (χ1) is 9.69. The van der Waals surface area contributed by atoms with Crippen LogP contribution in [0.5, 0.6) is 0 Å². The predicted molar refractivity (Wildman–Crippen MR) is 86.3 cm³/mol. The molecule has 0 aliphatic rings. The summed E-state index contributed by atoms with van der Waals surface area (Å²) in [7, 11) is 2.10. The van der Waals surface area contributed by atoms with E-state index >= 15 is 0 Å². The van der Waals surface area contributed by atoms with E-state index in [1.54, 1.807) is 0 Å². The fraction of sp³-hybridized carbons (Fsp3) is 0.353. The molecule has 0 aliphatic heterocycles. The van der Waals surface area contributed by atoms with Gasteiger partial charge in [0.1, 0.15) is 0 Å². The van der Waals surface area contributed by atoms with Gasteiger partial charge in [-0.05, 0) is 43.2 Å². The van der Waals surface area contributed by atoms with Crippen LogP contribution < -0.4 is 10.2 Å². The lowest BCUT2D eigenvalue weighted by molar-refractivity contribution is 0.883. The van der Waals surface area contributed by atoms with Crippen molar-refractivity contribution in [3.05, 3.63) is 53.9 Å². The van der Waals surface area contributed by atoms with Crippen molar-refractivity contribution in [3.8, 4) is 0 Å². The Morgan fingerprint density at radius 3 is 2.80 bits per heavy atom. The molecule has 0 radical (unpaired) electrons. The standard InChI is InChI=1S/C17H23N3/c1-4-9-18-15-8-10-19-16(12-15)13-20(3)17-7-5-6-14(2)11-17/h5-8,10-12H,4,9,13H2,1-3H3,(H,18,19). The highest BCUT2D eigenvalue weighted by Crippen LogP contribution is 2.17. The Balaban J connectivity index is 2.05. The molecule has 0 saturated carbocycles. The van der Waals surface area contributed by atoms with Crippen molar-refractivity contribution in [1.29, 1.82) is 0 Å². The maximum atomic E-state index is 4.45. The predicted octanol–water partition coefficient (Wildman–Crippen LogP) is 3.85. The second kappa shape index (κ2) is 6.94. The molecule has 1 heterocycles. The molecule has 0 saturated heterocycles. The van der Waals surface area contributed by atoms with Gasteiger partial charge in [0.2, 0.25) is 0 Å². The number of hydrogen-bond donors (Lipinski definition) is 1. The van der Waals surface area contributed by atoms with E-state index in [-0.39, 0.29) is 0 Å². The molecule has 0 aliphatic carbocycles. The Labute approximate surface area is 121 Å². The minimum absolute atomic E-state index is 0.811. The number of benzene rings is 1. The van der Waals surface area contributed by atoms with Crippen molar-refractivity contribution in [2.45, 2.75) is 26.8 Å². The number of anilines is 2. The molecule has 106 valence electrons. The molecule has 2 aromatic rings. The second-order valence-corrected chi connectivity index (χ2v) is 5.16. The number of pyridine rings is 1. The molecule has 0 atom stereocenters. The summed E-state index contributed by atoms with van der Waals surface area (Å²) in [5.74, 6) is 0. The van der Waals surface area contributed by atoms with Crippen LogP contribution in [0.2, 0.25) is 0 Å². The summed E-state index contributed by atoms with van der Waals surface area (Å²) in [4.78, 5) is 6.67. The molecule has 0 spiro atoms. The molecule has 0 unspecified atom stereocenters. The van der Waals surface area contributed by atoms with Gasteiger partial charge in [-0.2, -0.15) is 0 Å². The zero-order chi connectivity index (χ0) is 14.4. The van der Waals surface area contributed by atoms with Gasteiger partial charge in [0.05, 0.1) is 12.2 Å². The van der Waals surface area contributed by atoms with Gasteiger partial charge in [-0.1, -0.05) is 19.1 Å². The van der Waals surface area contributed by atoms with Crippen LogP contribution in [0.3, 0.4) is 0 Å². The van der Waals surface area contributed by atoms with E-state index in [1.165, 1.54) is 11.3 Å². The normalized spacial score (nSPS) is 10.3. The summed E-state index contributed by atoms with van der Waals surface area (Å²) in [6.45, 7) is 6.09. The van der Waals surface area contributed by atoms with Crippen molar-refractivity contribution < 1.29 is 0 Å². The van der Waals surface area contributed by atoms with Crippen LogP contribution in [0.4, 0.5) is 11.4 Å². The van der Waals surface area contributed by atoms with Crippen molar-refractivity contribution in [3.63, 3.8) is 0 Å². The van der Waals surface area contributed by atoms with E-state index in [0.717, 1.165) is 30.9 Å². The van der Waals surface area contributed by atoms with E-state index in [2.05, 4.69) is 66.4 Å². The lowest BCUT2D eigenvalue weighted by Crippen LogP contribution is -2.17. The monoisotopic (exact) mass is 269 g/mol. The first-order valence-corrected chi connectivity index (χ1v) is 7.15. The van der Waals surface area contributed by atoms with Crippen LogP contribution in [0.25, 0.3) is 0 Å². The Morgan fingerprint density at radius 1 is 1.20 bits per heavy atom. The van der Waals surface area contributed by atoms with Gasteiger partial charge in [-0.25, -0.2) is 0 Å². The SMILES string of the molecule is CCCNc1ccnc(CN(C)c2cccc(C)c2)c1. The van der Waals surface area contributed by atoms with Gasteiger partial charge in [0.15, 0.2) is 0 Å². The van der Waals surface area contributed by atoms with Crippen LogP contribution in [-0.2, 0) is 6.54 Å². The van der Waals surface area contributed by atoms with E-state index in [9.17, 15) is 0 Å². The lowest BCUT2D eigenvalue weighted by atomic mass is 10.2. The number of nitrogens with zero attached hydrogens (tertiary/aromatic N) is 2. The fourth-order valence-electron chi connectivity index (χ4n) is 2.14. The fourth-order valence-corrected chi connectivity index (χ4v) is 2.14. The maximum absolute atomic E-state index is 4.45. The van der Waals surface area contributed by atoms with E-state index < -0.39 is 0 Å². The highest BCUT2D eigenvalue weighted by Gasteiger charge is 2.04. The number of hydrogen-bond acceptors (Lipinski definition) is 3. The van der Waals surface area contributed by atoms with Crippen LogP contribution >= 0.6 is 0 Å². The van der Waals surface area contributed by atoms with Gasteiger partial charge < -0.3 is 10.2 Å². The minimum Gasteiger partial charge on any atom is -0.385 e. The summed E-state index contributed by atoms with van der Waals surface area (Å²) in [5.41, 5.74) is 4.73. The summed E-state index contributed by atoms with van der Waals surface area (Å²) in [6, 6.07) is 12.7. The highest BCUT2D eigenvalue weighted by atomic mass is 15.1. The third-order valence-corrected chi connectivity index (χ3v) is 3.24. The number of aryl methyl sites for hydroxylation is 1. The largest absolute Gasteiger partial charge is 0.385 e. The highest BCUT2D eigenvalue weighted by molar-refractivity contribution is 5.49. The summed E-state index contributed by atoms with van der Waals surface area (Å²) < 4.78 is 0. The minimum atomic E-state index is 0.811. The maximum Gasteiger partial charge on any atom is 0.0617 e. The van der Waals surface area contributed by atoms with Crippen molar-refractivity contribution in [2.24, 2.45) is 0 Å². The van der Waals surface area contributed by atoms with Gasteiger partial charge in [-0.15, -0.1) is 0 Å². The number of nitrogens with one attached hydrogen (secondary N) is 1. The van der Waals surface area contributed by atoms with Crippen molar-refractivity contribution in [1.82, 2.24) is 4.98 Å². The third kappa shape index (κ3) is 3.98. The zero-order valence-electron chi connectivity index (χ0n) is 12.6. The van der Waals surface area contributed by atoms with Crippen LogP contribution in [0.15, 0.2) is 42.6 Å². The average Bonchev–Trinajstić information content (AvgIpc) is 2.45. The molecule has 1 aromatic carbocycles. The van der Waals surface area contributed by atoms with Gasteiger partial charge in [0.25, 0.3) is 0 Å². The Bertz CT molecular complexity index is 551. The smallest absolute Gasteiger partial charge is 0.0617 e. The second-order valence-electron chi connectivity index (χ2n) is 5.16. The van der Waals surface area contributed by atoms with Crippen molar-refractivity contribution in [2.75, 3.05) is 23.8 Å². The third-order valence-electron chi connectivity index (χ3n) is 3.24. The van der Waals surface area contributed by atoms with E-state index in [4.69, 9.17) is 0 Å². The molecular weight excluding hydrogens is 246 g/mol. The summed E-state index contributed by atoms with van der Waals surface area (Å²) in [5, 5.41) is 3.40. The van der Waals surface area contributed by atoms with Crippen LogP contribution in [0.1, 0.15) is 24.6 Å². The topological polar surface area (TPSA) is 28.2 Å². The summed E-state index contributed by atoms with van der Waals surface area (Å²) >= 11 is 0. The molecule has 1 N–H and O–H groups in total. The molecule has 20 heavy (non-hydrogen) atoms. The number of rotatable bonds is 6. The molecule has 1 aromatic heterocycles. The molecule has 0 fully saturated rings. The van der Waals surface area contributed by atoms with E-state index in [0.29, 0.717) is 0 Å². The molecule has 0 bridgehead atoms. The summed E-state index contributed by atoms with van der Waals surface area (Å²) in [6.07, 6.45) is 3.00. The molecule has 2 rings (SSSR count). The first kappa shape index (κ1) is 14.4. The molecule has 3 nitrogen and oxygen atoms in total. The number of aromatic nitrogens is 1. The van der Waals surface area contributed by atoms with Crippen LogP contribution in [-0.4, -0.2) is 18.6 Å². The molecule has 0 amide bonds. The van der Waals surface area contributed by atoms with Gasteiger partial charge in [0, 0.05) is 31.2 Å².